The highest BCUT2D eigenvalue weighted by Crippen LogP contribution is 2.19. The highest BCUT2D eigenvalue weighted by Gasteiger charge is 2.19. The number of hydrogen-bond donors (Lipinski definition) is 3. The fourth-order valence-electron chi connectivity index (χ4n) is 2.53. The summed E-state index contributed by atoms with van der Waals surface area (Å²) in [5.74, 6) is -6.81. The molecule has 0 aliphatic carbocycles. The second-order valence-electron chi connectivity index (χ2n) is 5.86. The van der Waals surface area contributed by atoms with E-state index in [9.17, 15) is 27.9 Å². The number of halogens is 3. The standard InChI is InChI=1S/C16H20F3N3O3/c17-11-2-3-12(14(19)13(11)18)21-16(25)15(24)20-6-1-7-22-8-4-10(23)5-9-22/h2-3,10,23H,1,4-9H2,(H,20,24)(H,21,25). The maximum absolute atomic E-state index is 13.4. The molecule has 0 atom stereocenters. The van der Waals surface area contributed by atoms with Crippen molar-refractivity contribution in [2.45, 2.75) is 25.4 Å². The van der Waals surface area contributed by atoms with Gasteiger partial charge in [0.25, 0.3) is 0 Å². The van der Waals surface area contributed by atoms with Gasteiger partial charge in [0.2, 0.25) is 0 Å². The Balaban J connectivity index is 1.72. The van der Waals surface area contributed by atoms with Crippen molar-refractivity contribution in [3.05, 3.63) is 29.6 Å². The van der Waals surface area contributed by atoms with E-state index in [4.69, 9.17) is 0 Å². The number of aliphatic hydroxyl groups excluding tert-OH is 1. The highest BCUT2D eigenvalue weighted by atomic mass is 19.2. The summed E-state index contributed by atoms with van der Waals surface area (Å²) in [6.45, 7) is 2.52. The van der Waals surface area contributed by atoms with Crippen LogP contribution in [-0.2, 0) is 9.59 Å². The van der Waals surface area contributed by atoms with Gasteiger partial charge in [-0.2, -0.15) is 0 Å². The van der Waals surface area contributed by atoms with Crippen LogP contribution < -0.4 is 10.6 Å². The van der Waals surface area contributed by atoms with Crippen molar-refractivity contribution in [2.24, 2.45) is 0 Å². The van der Waals surface area contributed by atoms with Gasteiger partial charge in [-0.1, -0.05) is 0 Å². The average Bonchev–Trinajstić information content (AvgIpc) is 2.60. The molecule has 2 rings (SSSR count). The third-order valence-corrected chi connectivity index (χ3v) is 3.98. The zero-order valence-corrected chi connectivity index (χ0v) is 13.5. The summed E-state index contributed by atoms with van der Waals surface area (Å²) in [5, 5.41) is 13.7. The first-order chi connectivity index (χ1) is 11.9. The zero-order valence-electron chi connectivity index (χ0n) is 13.5. The molecule has 9 heteroatoms. The number of aliphatic hydroxyl groups is 1. The molecule has 0 unspecified atom stereocenters. The largest absolute Gasteiger partial charge is 0.393 e. The molecule has 2 amide bonds. The summed E-state index contributed by atoms with van der Waals surface area (Å²) >= 11 is 0. The van der Waals surface area contributed by atoms with Gasteiger partial charge < -0.3 is 20.6 Å². The van der Waals surface area contributed by atoms with Crippen LogP contribution in [0.3, 0.4) is 0 Å². The van der Waals surface area contributed by atoms with Gasteiger partial charge >= 0.3 is 11.8 Å². The summed E-state index contributed by atoms with van der Waals surface area (Å²) in [7, 11) is 0. The first kappa shape index (κ1) is 19.2. The fourth-order valence-corrected chi connectivity index (χ4v) is 2.53. The van der Waals surface area contributed by atoms with Crippen LogP contribution in [0.5, 0.6) is 0 Å². The summed E-state index contributed by atoms with van der Waals surface area (Å²) in [6.07, 6.45) is 1.79. The van der Waals surface area contributed by atoms with Crippen molar-refractivity contribution in [1.82, 2.24) is 10.2 Å². The summed E-state index contributed by atoms with van der Waals surface area (Å²) in [5.41, 5.74) is -0.606. The number of piperidine rings is 1. The molecule has 1 aromatic rings. The van der Waals surface area contributed by atoms with Crippen molar-refractivity contribution in [2.75, 3.05) is 31.5 Å². The van der Waals surface area contributed by atoms with Gasteiger partial charge in [-0.05, 0) is 37.9 Å². The van der Waals surface area contributed by atoms with Gasteiger partial charge in [-0.25, -0.2) is 13.2 Å². The third-order valence-electron chi connectivity index (χ3n) is 3.98. The minimum absolute atomic E-state index is 0.242. The molecule has 1 aliphatic rings. The Bertz CT molecular complexity index is 635. The maximum atomic E-state index is 13.4. The lowest BCUT2D eigenvalue weighted by Crippen LogP contribution is -2.39. The summed E-state index contributed by atoms with van der Waals surface area (Å²) in [4.78, 5) is 25.4. The zero-order chi connectivity index (χ0) is 18.4. The van der Waals surface area contributed by atoms with Crippen molar-refractivity contribution < 1.29 is 27.9 Å². The molecular formula is C16H20F3N3O3. The van der Waals surface area contributed by atoms with E-state index in [1.54, 1.807) is 0 Å². The monoisotopic (exact) mass is 359 g/mol. The summed E-state index contributed by atoms with van der Waals surface area (Å²) < 4.78 is 39.3. The first-order valence-corrected chi connectivity index (χ1v) is 8.01. The van der Waals surface area contributed by atoms with Crippen molar-refractivity contribution in [3.8, 4) is 0 Å². The van der Waals surface area contributed by atoms with Crippen molar-refractivity contribution in [1.29, 1.82) is 0 Å². The van der Waals surface area contributed by atoms with E-state index in [1.165, 1.54) is 0 Å². The normalized spacial score (nSPS) is 15.8. The number of nitrogens with one attached hydrogen (secondary N) is 2. The van der Waals surface area contributed by atoms with Gasteiger partial charge in [0.05, 0.1) is 11.8 Å². The van der Waals surface area contributed by atoms with E-state index in [2.05, 4.69) is 10.2 Å². The van der Waals surface area contributed by atoms with Crippen LogP contribution in [0.1, 0.15) is 19.3 Å². The molecule has 25 heavy (non-hydrogen) atoms. The molecule has 0 bridgehead atoms. The van der Waals surface area contributed by atoms with Gasteiger partial charge in [-0.3, -0.25) is 9.59 Å². The number of carbonyl (C=O) groups excluding carboxylic acids is 2. The minimum atomic E-state index is -1.72. The SMILES string of the molecule is O=C(NCCCN1CCC(O)CC1)C(=O)Nc1ccc(F)c(F)c1F. The molecule has 138 valence electrons. The molecule has 1 heterocycles. The Morgan fingerprint density at radius 3 is 2.48 bits per heavy atom. The molecule has 1 aromatic carbocycles. The Morgan fingerprint density at radius 2 is 1.80 bits per heavy atom. The van der Waals surface area contributed by atoms with Crippen LogP contribution >= 0.6 is 0 Å². The van der Waals surface area contributed by atoms with Gasteiger partial charge in [-0.15, -0.1) is 0 Å². The van der Waals surface area contributed by atoms with E-state index in [0.717, 1.165) is 19.2 Å². The molecule has 0 spiro atoms. The molecule has 0 aromatic heterocycles. The van der Waals surface area contributed by atoms with E-state index in [0.29, 0.717) is 31.9 Å². The van der Waals surface area contributed by atoms with Gasteiger partial charge in [0, 0.05) is 19.6 Å². The molecule has 3 N–H and O–H groups in total. The average molecular weight is 359 g/mol. The molecule has 1 aliphatic heterocycles. The molecule has 0 radical (unpaired) electrons. The number of likely N-dealkylation sites (tertiary alicyclic amines) is 1. The minimum Gasteiger partial charge on any atom is -0.393 e. The van der Waals surface area contributed by atoms with E-state index < -0.39 is 35.0 Å². The van der Waals surface area contributed by atoms with Crippen LogP contribution in [-0.4, -0.2) is 54.1 Å². The highest BCUT2D eigenvalue weighted by molar-refractivity contribution is 6.39. The van der Waals surface area contributed by atoms with Crippen LogP contribution in [0.25, 0.3) is 0 Å². The lowest BCUT2D eigenvalue weighted by Gasteiger charge is -2.29. The first-order valence-electron chi connectivity index (χ1n) is 8.01. The Labute approximate surface area is 143 Å². The number of benzene rings is 1. The molecule has 0 saturated carbocycles. The fraction of sp³-hybridized carbons (Fsp3) is 0.500. The smallest absolute Gasteiger partial charge is 0.313 e. The predicted molar refractivity (Wildman–Crippen MR) is 84.3 cm³/mol. The van der Waals surface area contributed by atoms with E-state index >= 15 is 0 Å². The Hall–Kier alpha value is -2.13. The molecule has 6 nitrogen and oxygen atoms in total. The van der Waals surface area contributed by atoms with E-state index in [-0.39, 0.29) is 12.6 Å². The Morgan fingerprint density at radius 1 is 1.12 bits per heavy atom. The molecule has 1 saturated heterocycles. The lowest BCUT2D eigenvalue weighted by molar-refractivity contribution is -0.136. The number of carbonyl (C=O) groups is 2. The summed E-state index contributed by atoms with van der Waals surface area (Å²) in [6, 6.07) is 1.49. The lowest BCUT2D eigenvalue weighted by atomic mass is 10.1. The van der Waals surface area contributed by atoms with E-state index in [1.807, 2.05) is 5.32 Å². The van der Waals surface area contributed by atoms with Crippen LogP contribution in [0.2, 0.25) is 0 Å². The van der Waals surface area contributed by atoms with Crippen molar-refractivity contribution in [3.63, 3.8) is 0 Å². The number of hydrogen-bond acceptors (Lipinski definition) is 4. The van der Waals surface area contributed by atoms with Crippen molar-refractivity contribution >= 4 is 17.5 Å². The second kappa shape index (κ2) is 8.82. The van der Waals surface area contributed by atoms with Crippen LogP contribution in [0, 0.1) is 17.5 Å². The number of rotatable bonds is 5. The maximum Gasteiger partial charge on any atom is 0.313 e. The predicted octanol–water partition coefficient (Wildman–Crippen LogP) is 1.01. The Kier molecular flexibility index (Phi) is 6.77. The number of amides is 2. The topological polar surface area (TPSA) is 81.7 Å². The van der Waals surface area contributed by atoms with Gasteiger partial charge in [0.15, 0.2) is 17.5 Å². The second-order valence-corrected chi connectivity index (χ2v) is 5.86. The number of anilines is 1. The van der Waals surface area contributed by atoms with Gasteiger partial charge in [0.1, 0.15) is 0 Å². The quantitative estimate of drug-likeness (QED) is 0.416. The van der Waals surface area contributed by atoms with Crippen LogP contribution in [0.15, 0.2) is 12.1 Å². The third kappa shape index (κ3) is 5.43. The molecular weight excluding hydrogens is 339 g/mol. The molecule has 1 fully saturated rings. The van der Waals surface area contributed by atoms with Crippen LogP contribution in [0.4, 0.5) is 18.9 Å². The number of nitrogens with zero attached hydrogens (tertiary/aromatic N) is 1.